The lowest BCUT2D eigenvalue weighted by molar-refractivity contribution is -0.120. The van der Waals surface area contributed by atoms with Crippen molar-refractivity contribution in [2.75, 3.05) is 26.7 Å². The standard InChI is InChI=1S/C20H28N4O3/c1-16(17-8-4-3-5-9-17)26-13-7-11-22-20(21-2)24-15-19(25)23-14-18-10-6-12-27-18/h3-6,8-10,12,16H,7,11,13-15H2,1-2H3,(H,23,25)(H2,21,22,24). The van der Waals surface area contributed by atoms with Crippen molar-refractivity contribution in [3.63, 3.8) is 0 Å². The lowest BCUT2D eigenvalue weighted by Crippen LogP contribution is -2.43. The smallest absolute Gasteiger partial charge is 0.239 e. The first-order valence-corrected chi connectivity index (χ1v) is 9.09. The van der Waals surface area contributed by atoms with Gasteiger partial charge in [0.05, 0.1) is 25.5 Å². The molecule has 3 N–H and O–H groups in total. The van der Waals surface area contributed by atoms with Gasteiger partial charge in [-0.2, -0.15) is 0 Å². The lowest BCUT2D eigenvalue weighted by Gasteiger charge is -2.14. The Kier molecular flexibility index (Phi) is 8.92. The van der Waals surface area contributed by atoms with E-state index in [2.05, 4.69) is 33.1 Å². The highest BCUT2D eigenvalue weighted by molar-refractivity contribution is 5.86. The fourth-order valence-electron chi connectivity index (χ4n) is 2.41. The van der Waals surface area contributed by atoms with E-state index in [1.54, 1.807) is 19.4 Å². The number of amides is 1. The van der Waals surface area contributed by atoms with Crippen LogP contribution < -0.4 is 16.0 Å². The second kappa shape index (κ2) is 11.7. The number of benzene rings is 1. The highest BCUT2D eigenvalue weighted by atomic mass is 16.5. The molecule has 146 valence electrons. The average molecular weight is 372 g/mol. The molecule has 2 rings (SSSR count). The van der Waals surface area contributed by atoms with Gasteiger partial charge >= 0.3 is 0 Å². The number of nitrogens with zero attached hydrogens (tertiary/aromatic N) is 1. The second-order valence-electron chi connectivity index (χ2n) is 5.99. The zero-order valence-electron chi connectivity index (χ0n) is 15.9. The van der Waals surface area contributed by atoms with Crippen LogP contribution in [0.2, 0.25) is 0 Å². The number of ether oxygens (including phenoxy) is 1. The van der Waals surface area contributed by atoms with Gasteiger partial charge in [-0.05, 0) is 31.0 Å². The predicted octanol–water partition coefficient (Wildman–Crippen LogP) is 2.23. The molecule has 0 spiro atoms. The molecule has 1 aromatic carbocycles. The number of hydrogen-bond acceptors (Lipinski definition) is 4. The van der Waals surface area contributed by atoms with E-state index in [1.807, 2.05) is 31.2 Å². The summed E-state index contributed by atoms with van der Waals surface area (Å²) in [6.07, 6.45) is 2.49. The SMILES string of the molecule is CN=C(NCCCOC(C)c1ccccc1)NCC(=O)NCc1ccco1. The van der Waals surface area contributed by atoms with Gasteiger partial charge in [-0.15, -0.1) is 0 Å². The van der Waals surface area contributed by atoms with E-state index < -0.39 is 0 Å². The summed E-state index contributed by atoms with van der Waals surface area (Å²) in [5, 5.41) is 8.92. The second-order valence-corrected chi connectivity index (χ2v) is 5.99. The Morgan fingerprint density at radius 2 is 1.96 bits per heavy atom. The van der Waals surface area contributed by atoms with E-state index in [0.29, 0.717) is 25.7 Å². The molecule has 1 heterocycles. The zero-order valence-corrected chi connectivity index (χ0v) is 15.9. The van der Waals surface area contributed by atoms with Crippen molar-refractivity contribution in [1.29, 1.82) is 0 Å². The van der Waals surface area contributed by atoms with Gasteiger partial charge in [0, 0.05) is 20.2 Å². The first-order chi connectivity index (χ1) is 13.2. The van der Waals surface area contributed by atoms with Gasteiger partial charge in [0.1, 0.15) is 5.76 Å². The first kappa shape index (κ1) is 20.5. The van der Waals surface area contributed by atoms with Crippen molar-refractivity contribution >= 4 is 11.9 Å². The molecule has 0 saturated heterocycles. The summed E-state index contributed by atoms with van der Waals surface area (Å²) in [6, 6.07) is 13.7. The molecule has 0 radical (unpaired) electrons. The average Bonchev–Trinajstić information content (AvgIpc) is 3.22. The van der Waals surface area contributed by atoms with Gasteiger partial charge in [0.15, 0.2) is 5.96 Å². The Labute approximate surface area is 160 Å². The topological polar surface area (TPSA) is 87.9 Å². The quantitative estimate of drug-likeness (QED) is 0.338. The summed E-state index contributed by atoms with van der Waals surface area (Å²) in [4.78, 5) is 15.9. The van der Waals surface area contributed by atoms with E-state index in [4.69, 9.17) is 9.15 Å². The minimum atomic E-state index is -0.130. The van der Waals surface area contributed by atoms with Crippen molar-refractivity contribution in [2.24, 2.45) is 4.99 Å². The third-order valence-electron chi connectivity index (χ3n) is 3.93. The molecular weight excluding hydrogens is 344 g/mol. The van der Waals surface area contributed by atoms with Crippen LogP contribution in [0.15, 0.2) is 58.1 Å². The molecule has 0 fully saturated rings. The number of nitrogens with one attached hydrogen (secondary N) is 3. The van der Waals surface area contributed by atoms with Crippen molar-refractivity contribution in [2.45, 2.75) is 26.0 Å². The summed E-state index contributed by atoms with van der Waals surface area (Å²) in [6.45, 7) is 3.90. The largest absolute Gasteiger partial charge is 0.467 e. The molecule has 27 heavy (non-hydrogen) atoms. The Morgan fingerprint density at radius 3 is 2.67 bits per heavy atom. The molecule has 0 aliphatic rings. The van der Waals surface area contributed by atoms with E-state index in [1.165, 1.54) is 5.56 Å². The summed E-state index contributed by atoms with van der Waals surface area (Å²) in [5.41, 5.74) is 1.17. The number of carbonyl (C=O) groups excluding carboxylic acids is 1. The molecule has 0 saturated carbocycles. The van der Waals surface area contributed by atoms with Crippen molar-refractivity contribution in [3.05, 3.63) is 60.1 Å². The van der Waals surface area contributed by atoms with Crippen molar-refractivity contribution in [1.82, 2.24) is 16.0 Å². The first-order valence-electron chi connectivity index (χ1n) is 9.09. The fraction of sp³-hybridized carbons (Fsp3) is 0.400. The minimum Gasteiger partial charge on any atom is -0.467 e. The minimum absolute atomic E-state index is 0.0708. The molecule has 7 heteroatoms. The zero-order chi connectivity index (χ0) is 19.3. The van der Waals surface area contributed by atoms with Crippen LogP contribution >= 0.6 is 0 Å². The normalized spacial score (nSPS) is 12.4. The van der Waals surface area contributed by atoms with Crippen LogP contribution in [0, 0.1) is 0 Å². The number of guanidine groups is 1. The van der Waals surface area contributed by atoms with Crippen LogP contribution in [0.3, 0.4) is 0 Å². The summed E-state index contributed by atoms with van der Waals surface area (Å²) >= 11 is 0. The van der Waals surface area contributed by atoms with E-state index in [-0.39, 0.29) is 18.6 Å². The molecule has 1 amide bonds. The molecule has 0 aliphatic heterocycles. The maximum Gasteiger partial charge on any atom is 0.239 e. The van der Waals surface area contributed by atoms with Gasteiger partial charge < -0.3 is 25.1 Å². The van der Waals surface area contributed by atoms with Crippen LogP contribution in [0.1, 0.15) is 30.8 Å². The number of furan rings is 1. The van der Waals surface area contributed by atoms with Gasteiger partial charge in [0.25, 0.3) is 0 Å². The molecule has 7 nitrogen and oxygen atoms in total. The Hall–Kier alpha value is -2.80. The van der Waals surface area contributed by atoms with Gasteiger partial charge in [-0.3, -0.25) is 9.79 Å². The lowest BCUT2D eigenvalue weighted by atomic mass is 10.1. The van der Waals surface area contributed by atoms with E-state index in [0.717, 1.165) is 12.2 Å². The Bertz CT molecular complexity index is 687. The number of hydrogen-bond donors (Lipinski definition) is 3. The predicted molar refractivity (Wildman–Crippen MR) is 105 cm³/mol. The van der Waals surface area contributed by atoms with Gasteiger partial charge in [0.2, 0.25) is 5.91 Å². The monoisotopic (exact) mass is 372 g/mol. The summed E-state index contributed by atoms with van der Waals surface area (Å²) < 4.78 is 11.0. The molecular formula is C20H28N4O3. The highest BCUT2D eigenvalue weighted by Crippen LogP contribution is 2.15. The third-order valence-corrected chi connectivity index (χ3v) is 3.93. The van der Waals surface area contributed by atoms with Crippen LogP contribution in [-0.4, -0.2) is 38.6 Å². The van der Waals surface area contributed by atoms with Gasteiger partial charge in [-0.1, -0.05) is 30.3 Å². The maximum atomic E-state index is 11.8. The van der Waals surface area contributed by atoms with E-state index in [9.17, 15) is 4.79 Å². The van der Waals surface area contributed by atoms with E-state index >= 15 is 0 Å². The molecule has 1 atom stereocenters. The number of aliphatic imine (C=N–C) groups is 1. The van der Waals surface area contributed by atoms with Crippen LogP contribution in [0.5, 0.6) is 0 Å². The van der Waals surface area contributed by atoms with Gasteiger partial charge in [-0.25, -0.2) is 0 Å². The summed E-state index contributed by atoms with van der Waals surface area (Å²) in [7, 11) is 1.67. The molecule has 2 aromatic rings. The summed E-state index contributed by atoms with van der Waals surface area (Å²) in [5.74, 6) is 1.17. The van der Waals surface area contributed by atoms with Crippen molar-refractivity contribution < 1.29 is 13.9 Å². The molecule has 1 unspecified atom stereocenters. The highest BCUT2D eigenvalue weighted by Gasteiger charge is 2.06. The molecule has 1 aromatic heterocycles. The van der Waals surface area contributed by atoms with Crippen LogP contribution in [0.4, 0.5) is 0 Å². The fourth-order valence-corrected chi connectivity index (χ4v) is 2.41. The number of rotatable bonds is 10. The molecule has 0 bridgehead atoms. The molecule has 0 aliphatic carbocycles. The third kappa shape index (κ3) is 7.96. The Balaban J connectivity index is 1.55. The van der Waals surface area contributed by atoms with Crippen LogP contribution in [-0.2, 0) is 16.1 Å². The Morgan fingerprint density at radius 1 is 1.15 bits per heavy atom. The maximum absolute atomic E-state index is 11.8. The van der Waals surface area contributed by atoms with Crippen LogP contribution in [0.25, 0.3) is 0 Å². The van der Waals surface area contributed by atoms with Crippen molar-refractivity contribution in [3.8, 4) is 0 Å². The number of carbonyl (C=O) groups is 1.